The van der Waals surface area contributed by atoms with Crippen LogP contribution >= 0.6 is 11.6 Å². The van der Waals surface area contributed by atoms with Crippen molar-refractivity contribution in [3.63, 3.8) is 0 Å². The lowest BCUT2D eigenvalue weighted by Gasteiger charge is -2.10. The SMILES string of the molecule is CC(C)OCc1ccc(Cl)cc1C(=O)O. The average Bonchev–Trinajstić information content (AvgIpc) is 2.15. The summed E-state index contributed by atoms with van der Waals surface area (Å²) < 4.78 is 5.35. The van der Waals surface area contributed by atoms with Gasteiger partial charge in [0.1, 0.15) is 0 Å². The highest BCUT2D eigenvalue weighted by Crippen LogP contribution is 2.17. The van der Waals surface area contributed by atoms with Crippen molar-refractivity contribution in [2.24, 2.45) is 0 Å². The van der Waals surface area contributed by atoms with Gasteiger partial charge in [-0.05, 0) is 31.5 Å². The minimum absolute atomic E-state index is 0.0716. The Balaban J connectivity index is 2.91. The smallest absolute Gasteiger partial charge is 0.336 e. The van der Waals surface area contributed by atoms with Crippen LogP contribution in [0, 0.1) is 0 Å². The first-order chi connectivity index (χ1) is 7.00. The minimum atomic E-state index is -0.986. The fourth-order valence-electron chi connectivity index (χ4n) is 1.13. The Morgan fingerprint density at radius 1 is 1.53 bits per heavy atom. The van der Waals surface area contributed by atoms with Gasteiger partial charge in [0.15, 0.2) is 0 Å². The molecule has 1 N–H and O–H groups in total. The summed E-state index contributed by atoms with van der Waals surface area (Å²) in [6.45, 7) is 4.09. The van der Waals surface area contributed by atoms with Crippen LogP contribution in [-0.2, 0) is 11.3 Å². The molecule has 0 spiro atoms. The van der Waals surface area contributed by atoms with Crippen molar-refractivity contribution < 1.29 is 14.6 Å². The molecule has 0 fully saturated rings. The molecule has 0 unspecified atom stereocenters. The molecule has 4 heteroatoms. The number of benzene rings is 1. The Bertz CT molecular complexity index is 361. The van der Waals surface area contributed by atoms with Crippen LogP contribution in [0.25, 0.3) is 0 Å². The van der Waals surface area contributed by atoms with E-state index in [1.807, 2.05) is 13.8 Å². The molecule has 1 rings (SSSR count). The van der Waals surface area contributed by atoms with E-state index in [4.69, 9.17) is 21.4 Å². The van der Waals surface area contributed by atoms with Gasteiger partial charge in [0, 0.05) is 5.02 Å². The number of hydrogen-bond acceptors (Lipinski definition) is 2. The number of carbonyl (C=O) groups is 1. The molecule has 0 radical (unpaired) electrons. The van der Waals surface area contributed by atoms with E-state index in [0.717, 1.165) is 0 Å². The third-order valence-corrected chi connectivity index (χ3v) is 2.11. The fraction of sp³-hybridized carbons (Fsp3) is 0.364. The van der Waals surface area contributed by atoms with Crippen molar-refractivity contribution >= 4 is 17.6 Å². The van der Waals surface area contributed by atoms with E-state index in [-0.39, 0.29) is 18.3 Å². The highest BCUT2D eigenvalue weighted by molar-refractivity contribution is 6.30. The maximum atomic E-state index is 10.9. The number of carboxylic acids is 1. The van der Waals surface area contributed by atoms with Crippen molar-refractivity contribution in [2.45, 2.75) is 26.6 Å². The number of carboxylic acid groups (broad SMARTS) is 1. The van der Waals surface area contributed by atoms with Crippen LogP contribution in [0.5, 0.6) is 0 Å². The Morgan fingerprint density at radius 3 is 2.73 bits per heavy atom. The summed E-state index contributed by atoms with van der Waals surface area (Å²) in [4.78, 5) is 10.9. The van der Waals surface area contributed by atoms with E-state index in [2.05, 4.69) is 0 Å². The van der Waals surface area contributed by atoms with Gasteiger partial charge in [0.05, 0.1) is 18.3 Å². The molecule has 1 aromatic rings. The van der Waals surface area contributed by atoms with Crippen LogP contribution in [0.3, 0.4) is 0 Å². The predicted octanol–water partition coefficient (Wildman–Crippen LogP) is 2.96. The highest BCUT2D eigenvalue weighted by atomic mass is 35.5. The number of ether oxygens (including phenoxy) is 1. The molecule has 0 aliphatic heterocycles. The number of rotatable bonds is 4. The van der Waals surface area contributed by atoms with E-state index >= 15 is 0 Å². The van der Waals surface area contributed by atoms with Gasteiger partial charge < -0.3 is 9.84 Å². The van der Waals surface area contributed by atoms with Crippen LogP contribution < -0.4 is 0 Å². The molecule has 0 aliphatic carbocycles. The first kappa shape index (κ1) is 12.0. The lowest BCUT2D eigenvalue weighted by Crippen LogP contribution is -2.07. The Morgan fingerprint density at radius 2 is 2.20 bits per heavy atom. The van der Waals surface area contributed by atoms with Gasteiger partial charge >= 0.3 is 5.97 Å². The first-order valence-electron chi connectivity index (χ1n) is 4.64. The molecule has 0 aromatic heterocycles. The van der Waals surface area contributed by atoms with Crippen LogP contribution in [0.4, 0.5) is 0 Å². The topological polar surface area (TPSA) is 46.5 Å². The van der Waals surface area contributed by atoms with Crippen molar-refractivity contribution in [1.82, 2.24) is 0 Å². The largest absolute Gasteiger partial charge is 0.478 e. The molecule has 82 valence electrons. The van der Waals surface area contributed by atoms with E-state index in [0.29, 0.717) is 10.6 Å². The highest BCUT2D eigenvalue weighted by Gasteiger charge is 2.10. The van der Waals surface area contributed by atoms with E-state index < -0.39 is 5.97 Å². The Kier molecular flexibility index (Phi) is 4.12. The molecule has 15 heavy (non-hydrogen) atoms. The molecule has 0 bridgehead atoms. The molecule has 1 aromatic carbocycles. The van der Waals surface area contributed by atoms with Gasteiger partial charge in [-0.3, -0.25) is 0 Å². The van der Waals surface area contributed by atoms with Gasteiger partial charge in [0.25, 0.3) is 0 Å². The molecule has 0 saturated heterocycles. The second-order valence-electron chi connectivity index (χ2n) is 3.47. The second kappa shape index (κ2) is 5.14. The summed E-state index contributed by atoms with van der Waals surface area (Å²) in [5.41, 5.74) is 0.837. The zero-order valence-electron chi connectivity index (χ0n) is 8.66. The molecule has 0 atom stereocenters. The van der Waals surface area contributed by atoms with Crippen molar-refractivity contribution in [3.8, 4) is 0 Å². The molecule has 0 saturated carbocycles. The third kappa shape index (κ3) is 3.53. The zero-order chi connectivity index (χ0) is 11.4. The summed E-state index contributed by atoms with van der Waals surface area (Å²) in [6.07, 6.45) is 0.0716. The molecule has 3 nitrogen and oxygen atoms in total. The number of hydrogen-bond donors (Lipinski definition) is 1. The van der Waals surface area contributed by atoms with Crippen molar-refractivity contribution in [1.29, 1.82) is 0 Å². The minimum Gasteiger partial charge on any atom is -0.478 e. The Labute approximate surface area is 93.6 Å². The first-order valence-corrected chi connectivity index (χ1v) is 5.02. The van der Waals surface area contributed by atoms with Gasteiger partial charge in [-0.25, -0.2) is 4.79 Å². The standard InChI is InChI=1S/C11H13ClO3/c1-7(2)15-6-8-3-4-9(12)5-10(8)11(13)14/h3-5,7H,6H2,1-2H3,(H,13,14). The Hall–Kier alpha value is -1.06. The number of aromatic carboxylic acids is 1. The lowest BCUT2D eigenvalue weighted by atomic mass is 10.1. The quantitative estimate of drug-likeness (QED) is 0.862. The molecule has 0 aliphatic rings. The average molecular weight is 229 g/mol. The maximum absolute atomic E-state index is 10.9. The van der Waals surface area contributed by atoms with Crippen molar-refractivity contribution in [3.05, 3.63) is 34.3 Å². The van der Waals surface area contributed by atoms with Crippen LogP contribution in [0.2, 0.25) is 5.02 Å². The zero-order valence-corrected chi connectivity index (χ0v) is 9.41. The van der Waals surface area contributed by atoms with Gasteiger partial charge in [-0.15, -0.1) is 0 Å². The maximum Gasteiger partial charge on any atom is 0.336 e. The van der Waals surface area contributed by atoms with Crippen LogP contribution in [0.15, 0.2) is 18.2 Å². The summed E-state index contributed by atoms with van der Waals surface area (Å²) >= 11 is 5.72. The molecule has 0 amide bonds. The van der Waals surface area contributed by atoms with Crippen molar-refractivity contribution in [2.75, 3.05) is 0 Å². The summed E-state index contributed by atoms with van der Waals surface area (Å²) in [7, 11) is 0. The van der Waals surface area contributed by atoms with Gasteiger partial charge in [-0.2, -0.15) is 0 Å². The van der Waals surface area contributed by atoms with Gasteiger partial charge in [-0.1, -0.05) is 17.7 Å². The van der Waals surface area contributed by atoms with E-state index in [1.54, 1.807) is 12.1 Å². The summed E-state index contributed by atoms with van der Waals surface area (Å²) in [5.74, 6) is -0.986. The van der Waals surface area contributed by atoms with Gasteiger partial charge in [0.2, 0.25) is 0 Å². The monoisotopic (exact) mass is 228 g/mol. The molecule has 0 heterocycles. The van der Waals surface area contributed by atoms with Crippen LogP contribution in [-0.4, -0.2) is 17.2 Å². The molecular weight excluding hydrogens is 216 g/mol. The predicted molar refractivity (Wildman–Crippen MR) is 58.3 cm³/mol. The number of halogens is 1. The second-order valence-corrected chi connectivity index (χ2v) is 3.90. The summed E-state index contributed by atoms with van der Waals surface area (Å²) in [5, 5.41) is 9.36. The van der Waals surface area contributed by atoms with E-state index in [1.165, 1.54) is 6.07 Å². The lowest BCUT2D eigenvalue weighted by molar-refractivity contribution is 0.0606. The fourth-order valence-corrected chi connectivity index (χ4v) is 1.30. The third-order valence-electron chi connectivity index (χ3n) is 1.87. The summed E-state index contributed by atoms with van der Waals surface area (Å²) in [6, 6.07) is 4.77. The van der Waals surface area contributed by atoms with E-state index in [9.17, 15) is 4.79 Å². The molecular formula is C11H13ClO3. The normalized spacial score (nSPS) is 10.7. The van der Waals surface area contributed by atoms with Crippen LogP contribution in [0.1, 0.15) is 29.8 Å².